The molecular weight excluding hydrogens is 214 g/mol. The van der Waals surface area contributed by atoms with Crippen molar-refractivity contribution in [3.63, 3.8) is 0 Å². The average molecular weight is 239 g/mol. The molecule has 0 heterocycles. The monoisotopic (exact) mass is 239 g/mol. The smallest absolute Gasteiger partial charge is 0.320 e. The van der Waals surface area contributed by atoms with Crippen LogP contribution < -0.4 is 5.32 Å². The molecule has 2 rings (SSSR count). The number of rotatable bonds is 4. The molecule has 0 aromatic rings. The molecule has 3 heteroatoms. The van der Waals surface area contributed by atoms with Gasteiger partial charge in [0.25, 0.3) is 0 Å². The minimum absolute atomic E-state index is 0.232. The first-order chi connectivity index (χ1) is 7.81. The Kier molecular flexibility index (Phi) is 3.01. The van der Waals surface area contributed by atoms with Crippen molar-refractivity contribution in [1.29, 1.82) is 0 Å². The summed E-state index contributed by atoms with van der Waals surface area (Å²) in [6.45, 7) is 8.87. The van der Waals surface area contributed by atoms with Crippen LogP contribution in [-0.2, 0) is 4.79 Å². The van der Waals surface area contributed by atoms with Gasteiger partial charge in [-0.25, -0.2) is 0 Å². The van der Waals surface area contributed by atoms with E-state index in [4.69, 9.17) is 0 Å². The summed E-state index contributed by atoms with van der Waals surface area (Å²) in [7, 11) is 0. The van der Waals surface area contributed by atoms with Gasteiger partial charge in [0.1, 0.15) is 6.04 Å². The third-order valence-electron chi connectivity index (χ3n) is 5.34. The number of aliphatic carboxylic acids is 1. The number of fused-ring (bicyclic) bond motifs is 2. The second-order valence-corrected chi connectivity index (χ2v) is 6.81. The van der Waals surface area contributed by atoms with Gasteiger partial charge < -0.3 is 10.4 Å². The molecule has 0 aromatic heterocycles. The summed E-state index contributed by atoms with van der Waals surface area (Å²) < 4.78 is 0. The molecule has 17 heavy (non-hydrogen) atoms. The van der Waals surface area contributed by atoms with Crippen molar-refractivity contribution in [3.8, 4) is 0 Å². The van der Waals surface area contributed by atoms with Gasteiger partial charge in [-0.2, -0.15) is 0 Å². The van der Waals surface area contributed by atoms with Gasteiger partial charge in [-0.15, -0.1) is 0 Å². The molecule has 0 amide bonds. The van der Waals surface area contributed by atoms with Gasteiger partial charge in [-0.05, 0) is 42.4 Å². The molecule has 2 fully saturated rings. The van der Waals surface area contributed by atoms with E-state index in [9.17, 15) is 9.90 Å². The van der Waals surface area contributed by atoms with Crippen molar-refractivity contribution in [2.45, 2.75) is 65.5 Å². The molecule has 2 N–H and O–H groups in total. The molecular formula is C14H25NO2. The molecule has 0 aliphatic heterocycles. The van der Waals surface area contributed by atoms with Crippen LogP contribution in [-0.4, -0.2) is 23.2 Å². The topological polar surface area (TPSA) is 49.3 Å². The zero-order valence-electron chi connectivity index (χ0n) is 11.4. The molecule has 2 saturated carbocycles. The zero-order valence-corrected chi connectivity index (χ0v) is 11.4. The Morgan fingerprint density at radius 1 is 1.47 bits per heavy atom. The van der Waals surface area contributed by atoms with Crippen LogP contribution in [0.4, 0.5) is 0 Å². The van der Waals surface area contributed by atoms with E-state index in [1.54, 1.807) is 0 Å². The van der Waals surface area contributed by atoms with Crippen molar-refractivity contribution < 1.29 is 9.90 Å². The van der Waals surface area contributed by atoms with Gasteiger partial charge in [0.05, 0.1) is 0 Å². The van der Waals surface area contributed by atoms with E-state index in [1.165, 1.54) is 19.3 Å². The van der Waals surface area contributed by atoms with E-state index < -0.39 is 12.0 Å². The highest BCUT2D eigenvalue weighted by atomic mass is 16.4. The minimum atomic E-state index is -0.713. The summed E-state index contributed by atoms with van der Waals surface area (Å²) in [5, 5.41) is 12.6. The Morgan fingerprint density at radius 2 is 2.12 bits per heavy atom. The van der Waals surface area contributed by atoms with Crippen LogP contribution in [0, 0.1) is 16.7 Å². The summed E-state index contributed by atoms with van der Waals surface area (Å²) in [4.78, 5) is 11.2. The van der Waals surface area contributed by atoms with Gasteiger partial charge in [0.2, 0.25) is 0 Å². The normalized spacial score (nSPS) is 40.5. The van der Waals surface area contributed by atoms with Crippen LogP contribution in [0.2, 0.25) is 0 Å². The Hall–Kier alpha value is -0.570. The SMILES string of the molecule is CCC(NC1C2(C)CCC(C2)C1(C)C)C(=O)O. The van der Waals surface area contributed by atoms with E-state index >= 15 is 0 Å². The lowest BCUT2D eigenvalue weighted by atomic mass is 9.68. The van der Waals surface area contributed by atoms with E-state index in [2.05, 4.69) is 26.1 Å². The van der Waals surface area contributed by atoms with Gasteiger partial charge in [-0.3, -0.25) is 4.79 Å². The summed E-state index contributed by atoms with van der Waals surface area (Å²) in [6, 6.07) is -0.0507. The minimum Gasteiger partial charge on any atom is -0.480 e. The average Bonchev–Trinajstić information content (AvgIpc) is 2.68. The maximum atomic E-state index is 11.2. The van der Waals surface area contributed by atoms with E-state index in [0.29, 0.717) is 17.9 Å². The molecule has 0 saturated heterocycles. The molecule has 4 atom stereocenters. The fourth-order valence-corrected chi connectivity index (χ4v) is 4.28. The number of hydrogen-bond donors (Lipinski definition) is 2. The number of nitrogens with one attached hydrogen (secondary N) is 1. The fraction of sp³-hybridized carbons (Fsp3) is 0.929. The summed E-state index contributed by atoms with van der Waals surface area (Å²) in [5.74, 6) is 0.0472. The fourth-order valence-electron chi connectivity index (χ4n) is 4.28. The van der Waals surface area contributed by atoms with E-state index in [1.807, 2.05) is 6.92 Å². The quantitative estimate of drug-likeness (QED) is 0.793. The first-order valence-corrected chi connectivity index (χ1v) is 6.80. The Bertz CT molecular complexity index is 321. The molecule has 3 nitrogen and oxygen atoms in total. The van der Waals surface area contributed by atoms with Crippen LogP contribution in [0.15, 0.2) is 0 Å². The van der Waals surface area contributed by atoms with Crippen molar-refractivity contribution in [3.05, 3.63) is 0 Å². The van der Waals surface area contributed by atoms with Crippen LogP contribution in [0.1, 0.15) is 53.4 Å². The first kappa shape index (κ1) is 12.9. The molecule has 2 aliphatic rings. The van der Waals surface area contributed by atoms with Gasteiger partial charge in [0, 0.05) is 6.04 Å². The molecule has 0 spiro atoms. The highest BCUT2D eigenvalue weighted by Gasteiger charge is 2.59. The van der Waals surface area contributed by atoms with E-state index in [-0.39, 0.29) is 5.41 Å². The highest BCUT2D eigenvalue weighted by molar-refractivity contribution is 5.73. The zero-order chi connectivity index (χ0) is 12.8. The predicted octanol–water partition coefficient (Wildman–Crippen LogP) is 2.65. The maximum Gasteiger partial charge on any atom is 0.320 e. The highest BCUT2D eigenvalue weighted by Crippen LogP contribution is 2.62. The molecule has 2 bridgehead atoms. The van der Waals surface area contributed by atoms with E-state index in [0.717, 1.165) is 5.92 Å². The van der Waals surface area contributed by atoms with Crippen molar-refractivity contribution in [2.75, 3.05) is 0 Å². The second kappa shape index (κ2) is 3.98. The van der Waals surface area contributed by atoms with Crippen molar-refractivity contribution in [2.24, 2.45) is 16.7 Å². The lowest BCUT2D eigenvalue weighted by Crippen LogP contribution is -2.55. The largest absolute Gasteiger partial charge is 0.480 e. The summed E-state index contributed by atoms with van der Waals surface area (Å²) >= 11 is 0. The van der Waals surface area contributed by atoms with Gasteiger partial charge >= 0.3 is 5.97 Å². The Morgan fingerprint density at radius 3 is 2.53 bits per heavy atom. The Balaban J connectivity index is 2.17. The first-order valence-electron chi connectivity index (χ1n) is 6.80. The number of carboxylic acid groups (broad SMARTS) is 1. The molecule has 2 aliphatic carbocycles. The summed E-state index contributed by atoms with van der Waals surface area (Å²) in [5.41, 5.74) is 0.535. The second-order valence-electron chi connectivity index (χ2n) is 6.81. The molecule has 0 aromatic carbocycles. The molecule has 0 radical (unpaired) electrons. The lowest BCUT2D eigenvalue weighted by molar-refractivity contribution is -0.140. The third kappa shape index (κ3) is 1.88. The third-order valence-corrected chi connectivity index (χ3v) is 5.34. The van der Waals surface area contributed by atoms with Gasteiger partial charge in [0.15, 0.2) is 0 Å². The van der Waals surface area contributed by atoms with Crippen LogP contribution in [0.25, 0.3) is 0 Å². The number of hydrogen-bond acceptors (Lipinski definition) is 2. The van der Waals surface area contributed by atoms with Crippen molar-refractivity contribution in [1.82, 2.24) is 5.32 Å². The predicted molar refractivity (Wildman–Crippen MR) is 67.9 cm³/mol. The number of carbonyl (C=O) groups is 1. The van der Waals surface area contributed by atoms with Crippen LogP contribution >= 0.6 is 0 Å². The Labute approximate surface area is 104 Å². The summed E-state index contributed by atoms with van der Waals surface area (Å²) in [6.07, 6.45) is 4.47. The molecule has 98 valence electrons. The maximum absolute atomic E-state index is 11.2. The lowest BCUT2D eigenvalue weighted by Gasteiger charge is -2.44. The van der Waals surface area contributed by atoms with Crippen molar-refractivity contribution >= 4 is 5.97 Å². The standard InChI is InChI=1S/C14H25NO2/c1-5-10(11(16)17)15-12-13(2,3)9-6-7-14(12,4)8-9/h9-10,12,15H,5-8H2,1-4H3,(H,16,17). The molecule has 4 unspecified atom stereocenters. The van der Waals surface area contributed by atoms with Crippen LogP contribution in [0.3, 0.4) is 0 Å². The van der Waals surface area contributed by atoms with Gasteiger partial charge in [-0.1, -0.05) is 27.7 Å². The van der Waals surface area contributed by atoms with Crippen LogP contribution in [0.5, 0.6) is 0 Å². The number of carboxylic acids is 1.